The number of carbonyl (C=O) groups is 2. The van der Waals surface area contributed by atoms with E-state index in [1.54, 1.807) is 25.3 Å². The number of ether oxygens (including phenoxy) is 2. The normalized spacial score (nSPS) is 13.2. The first kappa shape index (κ1) is 14.3. The Kier molecular flexibility index (Phi) is 4.95. The highest BCUT2D eigenvalue weighted by Gasteiger charge is 2.16. The van der Waals surface area contributed by atoms with Crippen molar-refractivity contribution in [3.63, 3.8) is 0 Å². The molecular formula is C14H18N2O4. The fourth-order valence-corrected chi connectivity index (χ4v) is 1.92. The monoisotopic (exact) mass is 278 g/mol. The number of nitrogens with one attached hydrogen (secondary N) is 2. The van der Waals surface area contributed by atoms with Crippen LogP contribution >= 0.6 is 0 Å². The zero-order valence-corrected chi connectivity index (χ0v) is 11.4. The van der Waals surface area contributed by atoms with Gasteiger partial charge in [-0.1, -0.05) is 0 Å². The summed E-state index contributed by atoms with van der Waals surface area (Å²) in [6.45, 7) is 0.688. The summed E-state index contributed by atoms with van der Waals surface area (Å²) in [4.78, 5) is 23.0. The van der Waals surface area contributed by atoms with E-state index in [0.29, 0.717) is 30.2 Å². The van der Waals surface area contributed by atoms with E-state index in [9.17, 15) is 9.59 Å². The third kappa shape index (κ3) is 3.96. The van der Waals surface area contributed by atoms with Crippen LogP contribution < -0.4 is 15.4 Å². The number of carbonyl (C=O) groups excluding carboxylic acids is 2. The van der Waals surface area contributed by atoms with Gasteiger partial charge < -0.3 is 20.1 Å². The minimum Gasteiger partial charge on any atom is -0.482 e. The Bertz CT molecular complexity index is 502. The van der Waals surface area contributed by atoms with E-state index in [2.05, 4.69) is 10.6 Å². The topological polar surface area (TPSA) is 76.7 Å². The van der Waals surface area contributed by atoms with E-state index >= 15 is 0 Å². The van der Waals surface area contributed by atoms with Gasteiger partial charge in [-0.2, -0.15) is 0 Å². The third-order valence-electron chi connectivity index (χ3n) is 2.90. The quantitative estimate of drug-likeness (QED) is 0.778. The van der Waals surface area contributed by atoms with Crippen LogP contribution in [0.3, 0.4) is 0 Å². The van der Waals surface area contributed by atoms with Crippen LogP contribution in [0.1, 0.15) is 19.3 Å². The average molecular weight is 278 g/mol. The van der Waals surface area contributed by atoms with Gasteiger partial charge in [0.25, 0.3) is 5.91 Å². The van der Waals surface area contributed by atoms with E-state index in [1.807, 2.05) is 0 Å². The molecule has 1 aliphatic heterocycles. The molecule has 0 spiro atoms. The number of hydrogen-bond donors (Lipinski definition) is 2. The molecule has 1 aromatic carbocycles. The number of benzene rings is 1. The second-order valence-electron chi connectivity index (χ2n) is 4.55. The Morgan fingerprint density at radius 2 is 2.30 bits per heavy atom. The fourth-order valence-electron chi connectivity index (χ4n) is 1.92. The minimum atomic E-state index is -0.194. The maximum atomic E-state index is 11.7. The molecule has 2 rings (SSSR count). The van der Waals surface area contributed by atoms with E-state index < -0.39 is 0 Å². The molecule has 2 N–H and O–H groups in total. The van der Waals surface area contributed by atoms with Crippen LogP contribution in [0.2, 0.25) is 0 Å². The highest BCUT2D eigenvalue weighted by atomic mass is 16.5. The zero-order chi connectivity index (χ0) is 14.4. The maximum Gasteiger partial charge on any atom is 0.262 e. The molecule has 1 heterocycles. The van der Waals surface area contributed by atoms with Crippen molar-refractivity contribution in [2.24, 2.45) is 0 Å². The van der Waals surface area contributed by atoms with Crippen LogP contribution in [-0.2, 0) is 14.3 Å². The van der Waals surface area contributed by atoms with Crippen molar-refractivity contribution in [1.29, 1.82) is 0 Å². The van der Waals surface area contributed by atoms with Gasteiger partial charge in [-0.3, -0.25) is 9.59 Å². The summed E-state index contributed by atoms with van der Waals surface area (Å²) in [6.07, 6.45) is 2.09. The van der Waals surface area contributed by atoms with Crippen molar-refractivity contribution in [1.82, 2.24) is 0 Å². The molecule has 0 unspecified atom stereocenters. The fraction of sp³-hybridized carbons (Fsp3) is 0.429. The number of anilines is 2. The van der Waals surface area contributed by atoms with E-state index in [-0.39, 0.29) is 18.4 Å². The number of unbranched alkanes of at least 4 members (excludes halogenated alkanes) is 1. The second-order valence-corrected chi connectivity index (χ2v) is 4.55. The number of fused-ring (bicyclic) bond motifs is 1. The molecule has 0 saturated heterocycles. The second kappa shape index (κ2) is 6.91. The molecule has 0 saturated carbocycles. The summed E-state index contributed by atoms with van der Waals surface area (Å²) in [5, 5.41) is 5.50. The number of hydrogen-bond acceptors (Lipinski definition) is 4. The predicted octanol–water partition coefficient (Wildman–Crippen LogP) is 1.77. The van der Waals surface area contributed by atoms with Gasteiger partial charge in [0.15, 0.2) is 6.61 Å². The lowest BCUT2D eigenvalue weighted by Gasteiger charge is -2.18. The molecule has 0 atom stereocenters. The summed E-state index contributed by atoms with van der Waals surface area (Å²) in [6, 6.07) is 5.18. The Morgan fingerprint density at radius 3 is 3.10 bits per heavy atom. The molecule has 108 valence electrons. The maximum absolute atomic E-state index is 11.7. The van der Waals surface area contributed by atoms with Crippen molar-refractivity contribution >= 4 is 23.2 Å². The molecule has 0 fully saturated rings. The standard InChI is InChI=1S/C14H18N2O4/c1-19-7-3-2-4-13(17)15-10-5-6-12-11(8-10)16-14(18)9-20-12/h5-6,8H,2-4,7,9H2,1H3,(H,15,17)(H,16,18). The molecule has 0 bridgehead atoms. The van der Waals surface area contributed by atoms with Crippen LogP contribution in [0.4, 0.5) is 11.4 Å². The smallest absolute Gasteiger partial charge is 0.262 e. The van der Waals surface area contributed by atoms with Crippen LogP contribution in [-0.4, -0.2) is 32.1 Å². The molecule has 0 radical (unpaired) electrons. The average Bonchev–Trinajstić information content (AvgIpc) is 2.43. The van der Waals surface area contributed by atoms with E-state index in [0.717, 1.165) is 12.8 Å². The van der Waals surface area contributed by atoms with Gasteiger partial charge in [0.05, 0.1) is 5.69 Å². The van der Waals surface area contributed by atoms with Gasteiger partial charge in [-0.15, -0.1) is 0 Å². The van der Waals surface area contributed by atoms with Gasteiger partial charge in [0.2, 0.25) is 5.91 Å². The van der Waals surface area contributed by atoms with Crippen LogP contribution in [0.15, 0.2) is 18.2 Å². The lowest BCUT2D eigenvalue weighted by Crippen LogP contribution is -2.25. The van der Waals surface area contributed by atoms with Gasteiger partial charge in [-0.05, 0) is 31.0 Å². The number of amides is 2. The minimum absolute atomic E-state index is 0.0260. The summed E-state index contributed by atoms with van der Waals surface area (Å²) >= 11 is 0. The Morgan fingerprint density at radius 1 is 1.45 bits per heavy atom. The molecule has 2 amide bonds. The van der Waals surface area contributed by atoms with Crippen molar-refractivity contribution < 1.29 is 19.1 Å². The van der Waals surface area contributed by atoms with Gasteiger partial charge >= 0.3 is 0 Å². The third-order valence-corrected chi connectivity index (χ3v) is 2.90. The highest BCUT2D eigenvalue weighted by molar-refractivity contribution is 5.97. The van der Waals surface area contributed by atoms with Crippen LogP contribution in [0.5, 0.6) is 5.75 Å². The molecule has 6 heteroatoms. The van der Waals surface area contributed by atoms with Gasteiger partial charge in [0.1, 0.15) is 5.75 Å². The van der Waals surface area contributed by atoms with Crippen LogP contribution in [0.25, 0.3) is 0 Å². The Hall–Kier alpha value is -2.08. The Balaban J connectivity index is 1.88. The van der Waals surface area contributed by atoms with Crippen molar-refractivity contribution in [3.05, 3.63) is 18.2 Å². The summed E-state index contributed by atoms with van der Waals surface area (Å²) in [5.74, 6) is 0.368. The molecule has 0 aromatic heterocycles. The summed E-state index contributed by atoms with van der Waals surface area (Å²) in [5.41, 5.74) is 1.23. The van der Waals surface area contributed by atoms with Crippen molar-refractivity contribution in [2.75, 3.05) is 31.0 Å². The van der Waals surface area contributed by atoms with Gasteiger partial charge in [-0.25, -0.2) is 0 Å². The molecule has 20 heavy (non-hydrogen) atoms. The first-order valence-electron chi connectivity index (χ1n) is 6.54. The number of rotatable bonds is 6. The van der Waals surface area contributed by atoms with Gasteiger partial charge in [0, 0.05) is 25.8 Å². The summed E-state index contributed by atoms with van der Waals surface area (Å²) in [7, 11) is 1.64. The molecule has 0 aliphatic carbocycles. The van der Waals surface area contributed by atoms with Crippen LogP contribution in [0, 0.1) is 0 Å². The van der Waals surface area contributed by atoms with Crippen molar-refractivity contribution in [2.45, 2.75) is 19.3 Å². The molecule has 1 aromatic rings. The number of methoxy groups -OCH3 is 1. The summed E-state index contributed by atoms with van der Waals surface area (Å²) < 4.78 is 10.2. The largest absolute Gasteiger partial charge is 0.482 e. The van der Waals surface area contributed by atoms with E-state index in [4.69, 9.17) is 9.47 Å². The highest BCUT2D eigenvalue weighted by Crippen LogP contribution is 2.30. The molecule has 1 aliphatic rings. The predicted molar refractivity (Wildman–Crippen MR) is 74.9 cm³/mol. The lowest BCUT2D eigenvalue weighted by atomic mass is 10.2. The van der Waals surface area contributed by atoms with Crippen molar-refractivity contribution in [3.8, 4) is 5.75 Å². The first-order chi connectivity index (χ1) is 9.69. The lowest BCUT2D eigenvalue weighted by molar-refractivity contribution is -0.118. The zero-order valence-electron chi connectivity index (χ0n) is 11.4. The molecular weight excluding hydrogens is 260 g/mol. The van der Waals surface area contributed by atoms with E-state index in [1.165, 1.54) is 0 Å². The Labute approximate surface area is 117 Å². The molecule has 6 nitrogen and oxygen atoms in total. The first-order valence-corrected chi connectivity index (χ1v) is 6.54. The SMILES string of the molecule is COCCCCC(=O)Nc1ccc2c(c1)NC(=O)CO2.